The first-order valence-corrected chi connectivity index (χ1v) is 7.30. The lowest BCUT2D eigenvalue weighted by Gasteiger charge is -2.08. The van der Waals surface area contributed by atoms with E-state index in [9.17, 15) is 14.4 Å². The fourth-order valence-electron chi connectivity index (χ4n) is 1.80. The van der Waals surface area contributed by atoms with Crippen LogP contribution in [0.1, 0.15) is 29.6 Å². The molecular weight excluding hydrogens is 300 g/mol. The summed E-state index contributed by atoms with van der Waals surface area (Å²) in [6, 6.07) is 6.61. The van der Waals surface area contributed by atoms with Crippen LogP contribution in [0.3, 0.4) is 0 Å². The smallest absolute Gasteiger partial charge is 0.306 e. The lowest BCUT2D eigenvalue weighted by Crippen LogP contribution is -2.25. The van der Waals surface area contributed by atoms with Crippen molar-refractivity contribution in [2.75, 3.05) is 32.7 Å². The number of esters is 1. The molecule has 0 aliphatic heterocycles. The molecule has 0 atom stereocenters. The van der Waals surface area contributed by atoms with Crippen LogP contribution in [0.2, 0.25) is 0 Å². The first-order chi connectivity index (χ1) is 11.1. The molecule has 7 nitrogen and oxygen atoms in total. The Labute approximate surface area is 135 Å². The van der Waals surface area contributed by atoms with Gasteiger partial charge in [0.25, 0.3) is 5.91 Å². The summed E-state index contributed by atoms with van der Waals surface area (Å²) in [7, 11) is 2.88. The van der Waals surface area contributed by atoms with Gasteiger partial charge >= 0.3 is 5.97 Å². The molecule has 0 spiro atoms. The molecule has 2 amide bonds. The van der Waals surface area contributed by atoms with Gasteiger partial charge in [0.15, 0.2) is 0 Å². The van der Waals surface area contributed by atoms with Crippen molar-refractivity contribution in [2.24, 2.45) is 0 Å². The minimum Gasteiger partial charge on any atom is -0.469 e. The van der Waals surface area contributed by atoms with Crippen molar-refractivity contribution in [3.05, 3.63) is 29.8 Å². The van der Waals surface area contributed by atoms with Gasteiger partial charge < -0.3 is 20.1 Å². The molecule has 126 valence electrons. The van der Waals surface area contributed by atoms with Crippen molar-refractivity contribution in [1.82, 2.24) is 5.32 Å². The van der Waals surface area contributed by atoms with Crippen LogP contribution in [-0.2, 0) is 19.1 Å². The van der Waals surface area contributed by atoms with Crippen molar-refractivity contribution < 1.29 is 23.9 Å². The summed E-state index contributed by atoms with van der Waals surface area (Å²) < 4.78 is 9.38. The van der Waals surface area contributed by atoms with Crippen LogP contribution in [0.4, 0.5) is 5.69 Å². The van der Waals surface area contributed by atoms with E-state index in [2.05, 4.69) is 15.4 Å². The highest BCUT2D eigenvalue weighted by molar-refractivity contribution is 5.97. The van der Waals surface area contributed by atoms with Gasteiger partial charge in [0.1, 0.15) is 0 Å². The molecule has 0 saturated heterocycles. The van der Waals surface area contributed by atoms with Gasteiger partial charge in [-0.15, -0.1) is 0 Å². The summed E-state index contributed by atoms with van der Waals surface area (Å²) >= 11 is 0. The Morgan fingerprint density at radius 1 is 1.13 bits per heavy atom. The Kier molecular flexibility index (Phi) is 8.38. The average Bonchev–Trinajstić information content (AvgIpc) is 2.56. The zero-order chi connectivity index (χ0) is 17.1. The molecule has 1 rings (SSSR count). The van der Waals surface area contributed by atoms with Crippen molar-refractivity contribution in [2.45, 2.75) is 19.3 Å². The summed E-state index contributed by atoms with van der Waals surface area (Å²) in [6.07, 6.45) is 0.772. The van der Waals surface area contributed by atoms with Crippen molar-refractivity contribution >= 4 is 23.5 Å². The van der Waals surface area contributed by atoms with Crippen LogP contribution < -0.4 is 10.6 Å². The minimum atomic E-state index is -0.440. The molecule has 1 aromatic rings. The van der Waals surface area contributed by atoms with E-state index in [-0.39, 0.29) is 24.7 Å². The number of benzene rings is 1. The molecule has 0 aliphatic carbocycles. The molecular formula is C16H22N2O5. The van der Waals surface area contributed by atoms with Gasteiger partial charge in [0.05, 0.1) is 13.5 Å². The fraction of sp³-hybridized carbons (Fsp3) is 0.438. The summed E-state index contributed by atoms with van der Waals surface area (Å²) in [6.45, 7) is 1.10. The summed E-state index contributed by atoms with van der Waals surface area (Å²) in [5.74, 6) is -0.968. The largest absolute Gasteiger partial charge is 0.469 e. The third kappa shape index (κ3) is 7.42. The molecule has 0 fully saturated rings. The monoisotopic (exact) mass is 322 g/mol. The summed E-state index contributed by atoms with van der Waals surface area (Å²) in [4.78, 5) is 34.7. The van der Waals surface area contributed by atoms with Gasteiger partial charge in [0, 0.05) is 37.9 Å². The Hall–Kier alpha value is -2.41. The molecule has 23 heavy (non-hydrogen) atoms. The lowest BCUT2D eigenvalue weighted by molar-refractivity contribution is -0.141. The fourth-order valence-corrected chi connectivity index (χ4v) is 1.80. The van der Waals surface area contributed by atoms with Crippen LogP contribution >= 0.6 is 0 Å². The van der Waals surface area contributed by atoms with Gasteiger partial charge in [-0.2, -0.15) is 0 Å². The second kappa shape index (κ2) is 10.3. The van der Waals surface area contributed by atoms with Crippen molar-refractivity contribution in [1.29, 1.82) is 0 Å². The zero-order valence-corrected chi connectivity index (χ0v) is 13.4. The number of hydrogen-bond donors (Lipinski definition) is 2. The number of anilines is 1. The van der Waals surface area contributed by atoms with Gasteiger partial charge in [-0.3, -0.25) is 14.4 Å². The van der Waals surface area contributed by atoms with Crippen LogP contribution in [0.15, 0.2) is 24.3 Å². The van der Waals surface area contributed by atoms with Crippen LogP contribution in [0.5, 0.6) is 0 Å². The third-order valence-corrected chi connectivity index (χ3v) is 3.00. The van der Waals surface area contributed by atoms with E-state index in [1.807, 2.05) is 0 Å². The molecule has 7 heteroatoms. The molecule has 0 bridgehead atoms. The molecule has 0 unspecified atom stereocenters. The number of hydrogen-bond acceptors (Lipinski definition) is 5. The second-order valence-corrected chi connectivity index (χ2v) is 4.81. The lowest BCUT2D eigenvalue weighted by atomic mass is 10.2. The first-order valence-electron chi connectivity index (χ1n) is 7.30. The number of methoxy groups -OCH3 is 2. The number of carbonyl (C=O) groups is 3. The quantitative estimate of drug-likeness (QED) is 0.529. The maximum Gasteiger partial charge on any atom is 0.306 e. The molecule has 0 heterocycles. The van der Waals surface area contributed by atoms with E-state index in [4.69, 9.17) is 4.74 Å². The normalized spacial score (nSPS) is 10.0. The van der Waals surface area contributed by atoms with E-state index < -0.39 is 5.97 Å². The maximum absolute atomic E-state index is 12.0. The number of nitrogens with one attached hydrogen (secondary N) is 2. The van der Waals surface area contributed by atoms with Crippen molar-refractivity contribution in [3.8, 4) is 0 Å². The van der Waals surface area contributed by atoms with E-state index in [0.717, 1.165) is 6.42 Å². The molecule has 2 N–H and O–H groups in total. The third-order valence-electron chi connectivity index (χ3n) is 3.00. The maximum atomic E-state index is 12.0. The minimum absolute atomic E-state index is 0.0159. The molecule has 1 aromatic carbocycles. The Bertz CT molecular complexity index is 545. The summed E-state index contributed by atoms with van der Waals surface area (Å²) in [5.41, 5.74) is 0.956. The zero-order valence-electron chi connectivity index (χ0n) is 13.4. The standard InChI is InChI=1S/C16H22N2O5/c1-22-10-4-9-17-16(21)12-5-3-6-13(11-12)18-14(19)7-8-15(20)23-2/h3,5-6,11H,4,7-10H2,1-2H3,(H,17,21)(H,18,19). The Morgan fingerprint density at radius 2 is 1.91 bits per heavy atom. The second-order valence-electron chi connectivity index (χ2n) is 4.81. The number of carbonyl (C=O) groups excluding carboxylic acids is 3. The topological polar surface area (TPSA) is 93.7 Å². The van der Waals surface area contributed by atoms with Crippen LogP contribution in [0.25, 0.3) is 0 Å². The van der Waals surface area contributed by atoms with Crippen LogP contribution in [0, 0.1) is 0 Å². The number of ether oxygens (including phenoxy) is 2. The highest BCUT2D eigenvalue weighted by Gasteiger charge is 2.09. The molecule has 0 aliphatic rings. The predicted molar refractivity (Wildman–Crippen MR) is 85.1 cm³/mol. The van der Waals surface area contributed by atoms with Gasteiger partial charge in [-0.05, 0) is 24.6 Å². The van der Waals surface area contributed by atoms with E-state index >= 15 is 0 Å². The Balaban J connectivity index is 2.50. The van der Waals surface area contributed by atoms with Crippen molar-refractivity contribution in [3.63, 3.8) is 0 Å². The van der Waals surface area contributed by atoms with Crippen LogP contribution in [-0.4, -0.2) is 45.2 Å². The SMILES string of the molecule is COCCCNC(=O)c1cccc(NC(=O)CCC(=O)OC)c1. The van der Waals surface area contributed by atoms with E-state index in [1.165, 1.54) is 7.11 Å². The molecule has 0 aromatic heterocycles. The van der Waals surface area contributed by atoms with Gasteiger partial charge in [-0.1, -0.05) is 6.07 Å². The van der Waals surface area contributed by atoms with E-state index in [1.54, 1.807) is 31.4 Å². The average molecular weight is 322 g/mol. The first kappa shape index (κ1) is 18.6. The number of amides is 2. The summed E-state index contributed by atoms with van der Waals surface area (Å²) in [5, 5.41) is 5.42. The molecule has 0 radical (unpaired) electrons. The van der Waals surface area contributed by atoms with Gasteiger partial charge in [-0.25, -0.2) is 0 Å². The van der Waals surface area contributed by atoms with E-state index in [0.29, 0.717) is 24.4 Å². The van der Waals surface area contributed by atoms with Gasteiger partial charge in [0.2, 0.25) is 5.91 Å². The number of rotatable bonds is 9. The highest BCUT2D eigenvalue weighted by Crippen LogP contribution is 2.11. The molecule has 0 saturated carbocycles. The highest BCUT2D eigenvalue weighted by atomic mass is 16.5. The Morgan fingerprint density at radius 3 is 2.61 bits per heavy atom. The predicted octanol–water partition coefficient (Wildman–Crippen LogP) is 1.34.